The van der Waals surface area contributed by atoms with Crippen LogP contribution in [0.15, 0.2) is 48.0 Å². The summed E-state index contributed by atoms with van der Waals surface area (Å²) in [6, 6.07) is -3.03. The van der Waals surface area contributed by atoms with E-state index >= 15 is 0 Å². The van der Waals surface area contributed by atoms with Gasteiger partial charge in [0.25, 0.3) is 0 Å². The van der Waals surface area contributed by atoms with Gasteiger partial charge in [0, 0.05) is 42.0 Å². The van der Waals surface area contributed by atoms with Gasteiger partial charge in [0.2, 0.25) is 35.4 Å². The number of aromatic amines is 2. The number of carbonyl (C=O) groups excluding carboxylic acids is 6. The first-order valence-corrected chi connectivity index (χ1v) is 19.2. The molecule has 0 radical (unpaired) electrons. The van der Waals surface area contributed by atoms with Gasteiger partial charge in [0.05, 0.1) is 31.2 Å². The summed E-state index contributed by atoms with van der Waals surface area (Å²) in [5, 5.41) is 54.9. The second kappa shape index (κ2) is 23.2. The van der Waals surface area contributed by atoms with E-state index in [1.807, 2.05) is 24.3 Å². The first kappa shape index (κ1) is 48.7. The number of fused-ring (bicyclic) bond motifs is 1. The lowest BCUT2D eigenvalue weighted by Crippen LogP contribution is -2.62. The number of rotatable bonds is 24. The van der Waals surface area contributed by atoms with Gasteiger partial charge in [-0.25, -0.2) is 9.78 Å². The summed E-state index contributed by atoms with van der Waals surface area (Å²) in [6.07, 6.45) is 1.07. The molecular weight excluding hydrogens is 802 g/mol. The number of amides is 6. The van der Waals surface area contributed by atoms with Crippen molar-refractivity contribution in [1.82, 2.24) is 46.9 Å². The number of nitrogens with two attached hydrogens (primary N) is 3. The van der Waals surface area contributed by atoms with Crippen molar-refractivity contribution in [2.75, 3.05) is 13.2 Å². The van der Waals surface area contributed by atoms with Gasteiger partial charge in [-0.2, -0.15) is 0 Å². The second-order valence-corrected chi connectivity index (χ2v) is 14.3. The van der Waals surface area contributed by atoms with Crippen LogP contribution in [-0.2, 0) is 46.4 Å². The molecule has 0 aliphatic rings. The van der Waals surface area contributed by atoms with E-state index in [0.29, 0.717) is 5.69 Å². The summed E-state index contributed by atoms with van der Waals surface area (Å²) in [5.41, 5.74) is 18.9. The number of H-pyrrole nitrogens is 2. The maximum atomic E-state index is 13.8. The van der Waals surface area contributed by atoms with E-state index in [0.717, 1.165) is 30.3 Å². The molecule has 0 aliphatic heterocycles. The molecule has 2 aromatic heterocycles. The molecule has 0 fully saturated rings. The SMILES string of the molecule is C[C@H](NC(=O)[C@@H](N)Cc1c[nH]c2ccccc12)C(=O)N[C@@H](CO)C(=O)N[C@H](C(=O)N[C@@H](CCCN=C(N)N)C(=O)N[C@@H](Cc1cnc[nH]1)C(=O)N[C@H](C(=O)O)[C@@H](C)O)[C@@H](C)O. The number of carboxylic acid groups (broad SMARTS) is 1. The van der Waals surface area contributed by atoms with Crippen molar-refractivity contribution in [2.24, 2.45) is 22.2 Å². The van der Waals surface area contributed by atoms with E-state index in [1.54, 1.807) is 6.20 Å². The van der Waals surface area contributed by atoms with Crippen LogP contribution in [0.4, 0.5) is 0 Å². The Morgan fingerprint density at radius 2 is 1.36 bits per heavy atom. The summed E-state index contributed by atoms with van der Waals surface area (Å²) in [6.45, 7) is 2.64. The fourth-order valence-corrected chi connectivity index (χ4v) is 5.94. The predicted octanol–water partition coefficient (Wildman–Crippen LogP) is -5.18. The van der Waals surface area contributed by atoms with Crippen LogP contribution < -0.4 is 49.1 Å². The molecule has 334 valence electrons. The number of benzene rings is 1. The Morgan fingerprint density at radius 3 is 1.97 bits per heavy atom. The summed E-state index contributed by atoms with van der Waals surface area (Å²) < 4.78 is 0. The number of imidazole rings is 1. The zero-order valence-corrected chi connectivity index (χ0v) is 33.8. The normalized spacial score (nSPS) is 15.6. The molecule has 6 amide bonds. The van der Waals surface area contributed by atoms with Crippen molar-refractivity contribution in [3.8, 4) is 0 Å². The van der Waals surface area contributed by atoms with E-state index < -0.39 is 103 Å². The Labute approximate surface area is 349 Å². The molecule has 1 aromatic carbocycles. The third kappa shape index (κ3) is 14.9. The molecule has 0 bridgehead atoms. The zero-order chi connectivity index (χ0) is 45.4. The molecule has 2 heterocycles. The van der Waals surface area contributed by atoms with Gasteiger partial charge < -0.3 is 79.5 Å². The van der Waals surface area contributed by atoms with Crippen LogP contribution in [-0.4, -0.2) is 150 Å². The van der Waals surface area contributed by atoms with Gasteiger partial charge >= 0.3 is 5.97 Å². The number of carbonyl (C=O) groups is 7. The molecule has 61 heavy (non-hydrogen) atoms. The number of carboxylic acids is 1. The largest absolute Gasteiger partial charge is 0.480 e. The van der Waals surface area contributed by atoms with Crippen LogP contribution in [0.5, 0.6) is 0 Å². The number of hydrogen-bond donors (Lipinski definition) is 15. The summed E-state index contributed by atoms with van der Waals surface area (Å²) in [5.74, 6) is -7.56. The number of aliphatic hydroxyl groups excluding tert-OH is 3. The average molecular weight is 858 g/mol. The van der Waals surface area contributed by atoms with Gasteiger partial charge in [-0.1, -0.05) is 18.2 Å². The van der Waals surface area contributed by atoms with Crippen molar-refractivity contribution >= 4 is 58.3 Å². The van der Waals surface area contributed by atoms with E-state index in [4.69, 9.17) is 17.2 Å². The number of aliphatic carboxylic acids is 1. The van der Waals surface area contributed by atoms with Crippen LogP contribution in [0.2, 0.25) is 0 Å². The number of nitrogens with one attached hydrogen (secondary N) is 8. The maximum Gasteiger partial charge on any atom is 0.328 e. The quantitative estimate of drug-likeness (QED) is 0.0228. The minimum Gasteiger partial charge on any atom is -0.480 e. The average Bonchev–Trinajstić information content (AvgIpc) is 3.88. The number of guanidine groups is 1. The highest BCUT2D eigenvalue weighted by Crippen LogP contribution is 2.19. The molecule has 3 aromatic rings. The molecule has 9 atom stereocenters. The number of aliphatic hydroxyl groups is 3. The van der Waals surface area contributed by atoms with Crippen molar-refractivity contribution in [3.63, 3.8) is 0 Å². The fourth-order valence-electron chi connectivity index (χ4n) is 5.94. The number of aromatic nitrogens is 3. The molecular formula is C37H55N13O11. The molecule has 3 rings (SSSR count). The summed E-state index contributed by atoms with van der Waals surface area (Å²) in [4.78, 5) is 105. The molecule has 0 aliphatic carbocycles. The van der Waals surface area contributed by atoms with Gasteiger partial charge in [0.1, 0.15) is 30.2 Å². The van der Waals surface area contributed by atoms with Crippen LogP contribution in [0.25, 0.3) is 10.9 Å². The van der Waals surface area contributed by atoms with E-state index in [9.17, 15) is 54.0 Å². The highest BCUT2D eigenvalue weighted by Gasteiger charge is 2.35. The van der Waals surface area contributed by atoms with Crippen LogP contribution in [0, 0.1) is 0 Å². The summed E-state index contributed by atoms with van der Waals surface area (Å²) in [7, 11) is 0. The Hall–Kier alpha value is -6.63. The molecule has 0 saturated heterocycles. The molecule has 0 saturated carbocycles. The number of hydrogen-bond acceptors (Lipinski definition) is 13. The van der Waals surface area contributed by atoms with E-state index in [-0.39, 0.29) is 38.2 Å². The van der Waals surface area contributed by atoms with Crippen LogP contribution in [0.1, 0.15) is 44.9 Å². The van der Waals surface area contributed by atoms with Gasteiger partial charge in [-0.05, 0) is 51.7 Å². The monoisotopic (exact) mass is 857 g/mol. The van der Waals surface area contributed by atoms with Gasteiger partial charge in [-0.3, -0.25) is 33.8 Å². The van der Waals surface area contributed by atoms with Crippen molar-refractivity contribution in [2.45, 2.75) is 101 Å². The van der Waals surface area contributed by atoms with Crippen LogP contribution >= 0.6 is 0 Å². The van der Waals surface area contributed by atoms with Crippen LogP contribution in [0.3, 0.4) is 0 Å². The van der Waals surface area contributed by atoms with Gasteiger partial charge in [-0.15, -0.1) is 0 Å². The van der Waals surface area contributed by atoms with E-state index in [2.05, 4.69) is 51.8 Å². The van der Waals surface area contributed by atoms with Crippen molar-refractivity contribution < 1.29 is 54.0 Å². The van der Waals surface area contributed by atoms with Gasteiger partial charge in [0.15, 0.2) is 12.0 Å². The fraction of sp³-hybridized carbons (Fsp3) is 0.486. The van der Waals surface area contributed by atoms with Crippen molar-refractivity contribution in [3.05, 3.63) is 54.2 Å². The third-order valence-electron chi connectivity index (χ3n) is 9.32. The first-order valence-electron chi connectivity index (χ1n) is 19.2. The lowest BCUT2D eigenvalue weighted by molar-refractivity contribution is -0.145. The number of para-hydroxylation sites is 1. The molecule has 18 N–H and O–H groups in total. The number of nitrogens with zero attached hydrogens (tertiary/aromatic N) is 2. The van der Waals surface area contributed by atoms with Crippen molar-refractivity contribution in [1.29, 1.82) is 0 Å². The minimum absolute atomic E-state index is 0.00191. The zero-order valence-electron chi connectivity index (χ0n) is 33.8. The molecule has 0 spiro atoms. The molecule has 0 unspecified atom stereocenters. The standard InChI is InChI=1S/C37H55N13O11/c1-17(45-31(55)23(38)11-20-13-43-24-8-5-4-7-22(20)24)30(54)48-27(15-51)34(58)49-28(18(2)52)35(59)46-25(9-6-10-42-37(39)40)32(56)47-26(12-21-14-41-16-44-21)33(57)50-29(19(3)53)36(60)61/h4-5,7-8,13-14,16-19,23,25-29,43,51-53H,6,9-12,15,38H2,1-3H3,(H,41,44)(H,45,55)(H,46,59)(H,47,56)(H,48,54)(H,49,58)(H,50,57)(H,60,61)(H4,39,40,42)/t17-,18+,19+,23-,25-,26-,27-,28-,29-/m0/s1. The topological polar surface area (TPSA) is 407 Å². The second-order valence-electron chi connectivity index (χ2n) is 14.3. The molecule has 24 nitrogen and oxygen atoms in total. The smallest absolute Gasteiger partial charge is 0.328 e. The Kier molecular flexibility index (Phi) is 18.6. The Morgan fingerprint density at radius 1 is 0.754 bits per heavy atom. The first-order chi connectivity index (χ1) is 28.8. The Bertz CT molecular complexity index is 2000. The maximum absolute atomic E-state index is 13.8. The molecule has 24 heteroatoms. The summed E-state index contributed by atoms with van der Waals surface area (Å²) >= 11 is 0. The lowest BCUT2D eigenvalue weighted by Gasteiger charge is -2.28. The highest BCUT2D eigenvalue weighted by molar-refractivity contribution is 5.97. The highest BCUT2D eigenvalue weighted by atomic mass is 16.4. The third-order valence-corrected chi connectivity index (χ3v) is 9.32. The Balaban J connectivity index is 1.71. The van der Waals surface area contributed by atoms with E-state index in [1.165, 1.54) is 19.4 Å². The predicted molar refractivity (Wildman–Crippen MR) is 218 cm³/mol. The minimum atomic E-state index is -1.78. The lowest BCUT2D eigenvalue weighted by atomic mass is 10.0. The number of aliphatic imine (C=N–C) groups is 1.